The molecule has 0 atom stereocenters. The van der Waals surface area contributed by atoms with Crippen LogP contribution in [-0.4, -0.2) is 38.7 Å². The molecule has 0 radical (unpaired) electrons. The minimum Gasteiger partial charge on any atom is -0.493 e. The molecule has 0 heterocycles. The zero-order chi connectivity index (χ0) is 20.8. The average molecular weight is 396 g/mol. The first-order valence-corrected chi connectivity index (χ1v) is 7.97. The van der Waals surface area contributed by atoms with Gasteiger partial charge >= 0.3 is 12.6 Å². The summed E-state index contributed by atoms with van der Waals surface area (Å²) in [7, 11) is 4.89. The summed E-state index contributed by atoms with van der Waals surface area (Å²) in [4.78, 5) is 24.5. The predicted molar refractivity (Wildman–Crippen MR) is 96.2 cm³/mol. The van der Waals surface area contributed by atoms with Crippen LogP contribution in [0.3, 0.4) is 0 Å². The lowest BCUT2D eigenvalue weighted by molar-refractivity contribution is -0.386. The van der Waals surface area contributed by atoms with Gasteiger partial charge < -0.3 is 19.1 Å². The first kappa shape index (κ1) is 20.9. The highest BCUT2D eigenvalue weighted by atomic mass is 19.3. The number of carbonyl (C=O) groups excluding carboxylic acids is 1. The minimum absolute atomic E-state index is 0.0262. The second-order valence-electron chi connectivity index (χ2n) is 5.78. The van der Waals surface area contributed by atoms with Crippen LogP contribution in [-0.2, 0) is 11.3 Å². The molecule has 0 aliphatic heterocycles. The van der Waals surface area contributed by atoms with Gasteiger partial charge in [0.05, 0.1) is 29.2 Å². The average Bonchev–Trinajstić information content (AvgIpc) is 2.65. The summed E-state index contributed by atoms with van der Waals surface area (Å²) in [5.74, 6) is -1.32. The molecule has 2 rings (SSSR count). The van der Waals surface area contributed by atoms with Crippen LogP contribution in [0, 0.1) is 10.1 Å². The lowest BCUT2D eigenvalue weighted by atomic mass is 10.1. The van der Waals surface area contributed by atoms with Gasteiger partial charge in [0.2, 0.25) is 0 Å². The topological polar surface area (TPSA) is 91.1 Å². The van der Waals surface area contributed by atoms with E-state index in [-0.39, 0.29) is 16.9 Å². The van der Waals surface area contributed by atoms with E-state index in [9.17, 15) is 23.7 Å². The number of rotatable bonds is 8. The minimum atomic E-state index is -3.18. The fraction of sp³-hybridized carbons (Fsp3) is 0.278. The Labute approximate surface area is 159 Å². The van der Waals surface area contributed by atoms with E-state index in [1.54, 1.807) is 24.3 Å². The molecule has 0 spiro atoms. The monoisotopic (exact) mass is 396 g/mol. The van der Waals surface area contributed by atoms with Crippen molar-refractivity contribution < 1.29 is 32.7 Å². The third kappa shape index (κ3) is 5.06. The van der Waals surface area contributed by atoms with Gasteiger partial charge in [-0.1, -0.05) is 0 Å². The maximum Gasteiger partial charge on any atom is 0.387 e. The van der Waals surface area contributed by atoms with E-state index in [4.69, 9.17) is 9.47 Å². The van der Waals surface area contributed by atoms with Gasteiger partial charge in [-0.3, -0.25) is 10.1 Å². The number of nitro groups is 1. The quantitative estimate of drug-likeness (QED) is 0.382. The normalized spacial score (nSPS) is 10.5. The second kappa shape index (κ2) is 8.98. The fourth-order valence-corrected chi connectivity index (χ4v) is 2.35. The number of hydrogen-bond donors (Lipinski definition) is 0. The van der Waals surface area contributed by atoms with Gasteiger partial charge in [-0.25, -0.2) is 4.79 Å². The van der Waals surface area contributed by atoms with Crippen LogP contribution in [0.1, 0.15) is 15.9 Å². The van der Waals surface area contributed by atoms with Crippen molar-refractivity contribution in [3.63, 3.8) is 0 Å². The number of methoxy groups -OCH3 is 1. The van der Waals surface area contributed by atoms with E-state index < -0.39 is 35.5 Å². The molecular formula is C18H18F2N2O6. The Bertz CT molecular complexity index is 856. The number of alkyl halides is 2. The summed E-state index contributed by atoms with van der Waals surface area (Å²) >= 11 is 0. The zero-order valence-corrected chi connectivity index (χ0v) is 15.3. The molecule has 150 valence electrons. The third-order valence-electron chi connectivity index (χ3n) is 3.76. The van der Waals surface area contributed by atoms with Crippen molar-refractivity contribution in [2.24, 2.45) is 0 Å². The molecule has 0 fully saturated rings. The molecule has 0 N–H and O–H groups in total. The van der Waals surface area contributed by atoms with Crippen molar-refractivity contribution in [1.82, 2.24) is 0 Å². The van der Waals surface area contributed by atoms with Crippen LogP contribution in [0.5, 0.6) is 11.5 Å². The van der Waals surface area contributed by atoms with Crippen molar-refractivity contribution in [2.45, 2.75) is 13.2 Å². The van der Waals surface area contributed by atoms with E-state index in [0.717, 1.165) is 17.8 Å². The fourth-order valence-electron chi connectivity index (χ4n) is 2.35. The summed E-state index contributed by atoms with van der Waals surface area (Å²) < 4.78 is 39.2. The second-order valence-corrected chi connectivity index (χ2v) is 5.78. The lowest BCUT2D eigenvalue weighted by Crippen LogP contribution is -2.10. The molecule has 8 nitrogen and oxygen atoms in total. The maximum absolute atomic E-state index is 12.5. The van der Waals surface area contributed by atoms with Gasteiger partial charge in [-0.2, -0.15) is 8.78 Å². The molecule has 0 bridgehead atoms. The number of carbonyl (C=O) groups is 1. The van der Waals surface area contributed by atoms with Crippen LogP contribution < -0.4 is 14.4 Å². The molecule has 2 aromatic rings. The van der Waals surface area contributed by atoms with Gasteiger partial charge in [0.15, 0.2) is 11.5 Å². The number of nitrogens with zero attached hydrogens (tertiary/aromatic N) is 2. The SMILES string of the molecule is COc1cc(COC(=O)c2ccc(N(C)C)cc2)c([N+](=O)[O-])cc1OC(F)F. The first-order valence-electron chi connectivity index (χ1n) is 7.97. The van der Waals surface area contributed by atoms with Crippen molar-refractivity contribution >= 4 is 17.3 Å². The molecule has 10 heteroatoms. The highest BCUT2D eigenvalue weighted by Crippen LogP contribution is 2.36. The molecule has 0 saturated heterocycles. The Morgan fingerprint density at radius 3 is 2.32 bits per heavy atom. The van der Waals surface area contributed by atoms with Gasteiger partial charge in [-0.15, -0.1) is 0 Å². The number of benzene rings is 2. The summed E-state index contributed by atoms with van der Waals surface area (Å²) in [5.41, 5.74) is 0.582. The van der Waals surface area contributed by atoms with E-state index in [2.05, 4.69) is 4.74 Å². The number of nitro benzene ring substituents is 1. The number of hydrogen-bond acceptors (Lipinski definition) is 7. The maximum atomic E-state index is 12.5. The number of halogens is 2. The smallest absolute Gasteiger partial charge is 0.387 e. The highest BCUT2D eigenvalue weighted by Gasteiger charge is 2.23. The van der Waals surface area contributed by atoms with Crippen LogP contribution >= 0.6 is 0 Å². The van der Waals surface area contributed by atoms with Gasteiger partial charge in [-0.05, 0) is 30.3 Å². The Morgan fingerprint density at radius 2 is 1.82 bits per heavy atom. The van der Waals surface area contributed by atoms with Gasteiger partial charge in [0.25, 0.3) is 5.69 Å². The largest absolute Gasteiger partial charge is 0.493 e. The Kier molecular flexibility index (Phi) is 6.69. The van der Waals surface area contributed by atoms with Crippen LogP contribution in [0.15, 0.2) is 36.4 Å². The molecule has 0 aliphatic rings. The Morgan fingerprint density at radius 1 is 1.18 bits per heavy atom. The molecule has 2 aromatic carbocycles. The Balaban J connectivity index is 2.22. The van der Waals surface area contributed by atoms with Crippen molar-refractivity contribution in [1.29, 1.82) is 0 Å². The molecule has 0 unspecified atom stereocenters. The molecule has 28 heavy (non-hydrogen) atoms. The van der Waals surface area contributed by atoms with Crippen LogP contribution in [0.4, 0.5) is 20.2 Å². The summed E-state index contributed by atoms with van der Waals surface area (Å²) in [6, 6.07) is 8.49. The zero-order valence-electron chi connectivity index (χ0n) is 15.3. The summed E-state index contributed by atoms with van der Waals surface area (Å²) in [6.07, 6.45) is 0. The number of anilines is 1. The van der Waals surface area contributed by atoms with Crippen molar-refractivity contribution in [3.05, 3.63) is 57.6 Å². The van der Waals surface area contributed by atoms with E-state index in [1.807, 2.05) is 19.0 Å². The number of esters is 1. The van der Waals surface area contributed by atoms with E-state index in [0.29, 0.717) is 0 Å². The standard InChI is InChI=1S/C18H18F2N2O6/c1-21(2)13-6-4-11(5-7-13)17(23)27-10-12-8-15(26-3)16(28-18(19)20)9-14(12)22(24)25/h4-9,18H,10H2,1-3H3. The number of ether oxygens (including phenoxy) is 3. The van der Waals surface area contributed by atoms with Crippen molar-refractivity contribution in [3.8, 4) is 11.5 Å². The molecule has 0 aromatic heterocycles. The van der Waals surface area contributed by atoms with E-state index >= 15 is 0 Å². The van der Waals surface area contributed by atoms with Gasteiger partial charge in [0.1, 0.15) is 6.61 Å². The lowest BCUT2D eigenvalue weighted by Gasteiger charge is -2.13. The molecular weight excluding hydrogens is 378 g/mol. The van der Waals surface area contributed by atoms with E-state index in [1.165, 1.54) is 7.11 Å². The summed E-state index contributed by atoms with van der Waals surface area (Å²) in [6.45, 7) is -3.63. The third-order valence-corrected chi connectivity index (χ3v) is 3.76. The summed E-state index contributed by atoms with van der Waals surface area (Å²) in [5, 5.41) is 11.3. The molecule has 0 amide bonds. The first-order chi connectivity index (χ1) is 13.2. The predicted octanol–water partition coefficient (Wildman–Crippen LogP) is 3.63. The highest BCUT2D eigenvalue weighted by molar-refractivity contribution is 5.89. The van der Waals surface area contributed by atoms with Crippen molar-refractivity contribution in [2.75, 3.05) is 26.1 Å². The molecule has 0 saturated carbocycles. The van der Waals surface area contributed by atoms with Gasteiger partial charge in [0, 0.05) is 19.8 Å². The molecule has 0 aliphatic carbocycles. The van der Waals surface area contributed by atoms with Crippen LogP contribution in [0.25, 0.3) is 0 Å². The Hall–Kier alpha value is -3.43. The van der Waals surface area contributed by atoms with Crippen LogP contribution in [0.2, 0.25) is 0 Å².